The Bertz CT molecular complexity index is 506. The van der Waals surface area contributed by atoms with Crippen molar-refractivity contribution in [3.63, 3.8) is 0 Å². The highest BCUT2D eigenvalue weighted by Gasteiger charge is 2.06. The molecule has 0 N–H and O–H groups in total. The number of imidazole rings is 1. The molecule has 16 heavy (non-hydrogen) atoms. The molecule has 1 aromatic heterocycles. The Morgan fingerprint density at radius 3 is 2.75 bits per heavy atom. The van der Waals surface area contributed by atoms with Crippen molar-refractivity contribution in [3.8, 4) is 17.5 Å². The first-order valence-electron chi connectivity index (χ1n) is 5.27. The van der Waals surface area contributed by atoms with Gasteiger partial charge in [-0.25, -0.2) is 4.98 Å². The minimum atomic E-state index is 0.510. The van der Waals surface area contributed by atoms with Crippen LogP contribution in [0.15, 0.2) is 36.5 Å². The quantitative estimate of drug-likeness (QED) is 0.783. The lowest BCUT2D eigenvalue weighted by atomic mass is 10.2. The summed E-state index contributed by atoms with van der Waals surface area (Å²) < 4.78 is 2.04. The monoisotopic (exact) mass is 211 g/mol. The second-order valence-electron chi connectivity index (χ2n) is 3.67. The maximum absolute atomic E-state index is 8.61. The molecular weight excluding hydrogens is 198 g/mol. The Labute approximate surface area is 95.0 Å². The van der Waals surface area contributed by atoms with E-state index in [1.165, 1.54) is 0 Å². The van der Waals surface area contributed by atoms with Gasteiger partial charge in [-0.15, -0.1) is 0 Å². The molecule has 0 saturated carbocycles. The van der Waals surface area contributed by atoms with Crippen molar-refractivity contribution in [1.82, 2.24) is 9.55 Å². The van der Waals surface area contributed by atoms with Gasteiger partial charge in [0, 0.05) is 18.3 Å². The largest absolute Gasteiger partial charge is 0.330 e. The summed E-state index contributed by atoms with van der Waals surface area (Å²) in [6.07, 6.45) is 2.50. The molecular formula is C13H13N3. The molecule has 0 atom stereocenters. The van der Waals surface area contributed by atoms with E-state index >= 15 is 0 Å². The molecule has 3 heteroatoms. The van der Waals surface area contributed by atoms with Gasteiger partial charge in [0.1, 0.15) is 5.82 Å². The van der Waals surface area contributed by atoms with Gasteiger partial charge in [0.15, 0.2) is 0 Å². The van der Waals surface area contributed by atoms with Crippen molar-refractivity contribution >= 4 is 0 Å². The lowest BCUT2D eigenvalue weighted by Gasteiger charge is -2.04. The van der Waals surface area contributed by atoms with Gasteiger partial charge in [-0.1, -0.05) is 30.3 Å². The minimum Gasteiger partial charge on any atom is -0.330 e. The second-order valence-corrected chi connectivity index (χ2v) is 3.67. The van der Waals surface area contributed by atoms with E-state index in [2.05, 4.69) is 11.1 Å². The third-order valence-corrected chi connectivity index (χ3v) is 2.39. The van der Waals surface area contributed by atoms with Gasteiger partial charge in [-0.2, -0.15) is 5.26 Å². The number of nitriles is 1. The third-order valence-electron chi connectivity index (χ3n) is 2.39. The first kappa shape index (κ1) is 10.4. The molecule has 0 amide bonds. The van der Waals surface area contributed by atoms with Crippen molar-refractivity contribution in [1.29, 1.82) is 5.26 Å². The Morgan fingerprint density at radius 2 is 2.06 bits per heavy atom. The van der Waals surface area contributed by atoms with Crippen LogP contribution in [0, 0.1) is 18.3 Å². The summed E-state index contributed by atoms with van der Waals surface area (Å²) >= 11 is 0. The normalized spacial score (nSPS) is 10.0. The topological polar surface area (TPSA) is 41.6 Å². The fourth-order valence-corrected chi connectivity index (χ4v) is 1.71. The molecule has 3 nitrogen and oxygen atoms in total. The zero-order chi connectivity index (χ0) is 11.4. The molecule has 0 saturated heterocycles. The molecule has 0 aliphatic heterocycles. The van der Waals surface area contributed by atoms with Crippen LogP contribution >= 0.6 is 0 Å². The van der Waals surface area contributed by atoms with Gasteiger partial charge in [0.25, 0.3) is 0 Å². The lowest BCUT2D eigenvalue weighted by molar-refractivity contribution is 0.722. The van der Waals surface area contributed by atoms with E-state index in [4.69, 9.17) is 5.26 Å². The highest BCUT2D eigenvalue weighted by Crippen LogP contribution is 2.18. The summed E-state index contributed by atoms with van der Waals surface area (Å²) in [6.45, 7) is 2.66. The van der Waals surface area contributed by atoms with Gasteiger partial charge in [-0.3, -0.25) is 0 Å². The average molecular weight is 211 g/mol. The summed E-state index contributed by atoms with van der Waals surface area (Å²) in [5, 5.41) is 8.61. The van der Waals surface area contributed by atoms with E-state index in [1.54, 1.807) is 0 Å². The van der Waals surface area contributed by atoms with Crippen molar-refractivity contribution in [3.05, 3.63) is 42.2 Å². The molecule has 0 aliphatic rings. The highest BCUT2D eigenvalue weighted by molar-refractivity contribution is 5.55. The van der Waals surface area contributed by atoms with Crippen LogP contribution in [0.2, 0.25) is 0 Å². The molecule has 1 aromatic carbocycles. The average Bonchev–Trinajstić information content (AvgIpc) is 2.69. The van der Waals surface area contributed by atoms with Gasteiger partial charge in [0.05, 0.1) is 18.2 Å². The van der Waals surface area contributed by atoms with Crippen molar-refractivity contribution in [2.24, 2.45) is 0 Å². The number of rotatable bonds is 3. The Balaban J connectivity index is 2.37. The molecule has 0 unspecified atom stereocenters. The number of hydrogen-bond acceptors (Lipinski definition) is 2. The van der Waals surface area contributed by atoms with Crippen molar-refractivity contribution in [2.45, 2.75) is 19.9 Å². The number of benzene rings is 1. The smallest absolute Gasteiger partial charge is 0.140 e. The van der Waals surface area contributed by atoms with Crippen LogP contribution in [-0.2, 0) is 6.54 Å². The van der Waals surface area contributed by atoms with E-state index in [-0.39, 0.29) is 0 Å². The number of nitrogens with zero attached hydrogens (tertiary/aromatic N) is 3. The molecule has 2 rings (SSSR count). The maximum Gasteiger partial charge on any atom is 0.140 e. The summed E-state index contributed by atoms with van der Waals surface area (Å²) in [7, 11) is 0. The predicted molar refractivity (Wildman–Crippen MR) is 62.6 cm³/mol. The molecule has 80 valence electrons. The van der Waals surface area contributed by atoms with E-state index in [1.807, 2.05) is 48.0 Å². The lowest BCUT2D eigenvalue weighted by Crippen LogP contribution is -1.98. The number of hydrogen-bond donors (Lipinski definition) is 0. The van der Waals surface area contributed by atoms with Crippen LogP contribution in [0.4, 0.5) is 0 Å². The van der Waals surface area contributed by atoms with E-state index in [0.717, 1.165) is 17.1 Å². The highest BCUT2D eigenvalue weighted by atomic mass is 15.1. The standard InChI is InChI=1S/C13H13N3/c1-11-10-16(9-5-8-14)13(15-11)12-6-3-2-4-7-12/h2-4,6-7,10H,5,9H2,1H3. The molecule has 0 bridgehead atoms. The van der Waals surface area contributed by atoms with Crippen LogP contribution in [0.1, 0.15) is 12.1 Å². The van der Waals surface area contributed by atoms with E-state index < -0.39 is 0 Å². The van der Waals surface area contributed by atoms with Crippen LogP contribution in [0.3, 0.4) is 0 Å². The Morgan fingerprint density at radius 1 is 1.31 bits per heavy atom. The van der Waals surface area contributed by atoms with Crippen LogP contribution < -0.4 is 0 Å². The van der Waals surface area contributed by atoms with Crippen molar-refractivity contribution in [2.75, 3.05) is 0 Å². The molecule has 1 heterocycles. The first-order valence-corrected chi connectivity index (χ1v) is 5.27. The molecule has 0 aliphatic carbocycles. The molecule has 0 spiro atoms. The number of aryl methyl sites for hydroxylation is 2. The zero-order valence-electron chi connectivity index (χ0n) is 9.22. The Kier molecular flexibility index (Phi) is 3.02. The first-order chi connectivity index (χ1) is 7.81. The molecule has 0 radical (unpaired) electrons. The van der Waals surface area contributed by atoms with Crippen LogP contribution in [0.25, 0.3) is 11.4 Å². The summed E-state index contributed by atoms with van der Waals surface area (Å²) in [5.74, 6) is 0.938. The van der Waals surface area contributed by atoms with Crippen LogP contribution in [0.5, 0.6) is 0 Å². The van der Waals surface area contributed by atoms with E-state index in [9.17, 15) is 0 Å². The second kappa shape index (κ2) is 4.63. The number of aromatic nitrogens is 2. The summed E-state index contributed by atoms with van der Waals surface area (Å²) in [4.78, 5) is 4.49. The summed E-state index contributed by atoms with van der Waals surface area (Å²) in [6, 6.07) is 12.2. The minimum absolute atomic E-state index is 0.510. The predicted octanol–water partition coefficient (Wildman–Crippen LogP) is 2.77. The zero-order valence-corrected chi connectivity index (χ0v) is 9.22. The SMILES string of the molecule is Cc1cn(CCC#N)c(-c2ccccc2)n1. The van der Waals surface area contributed by atoms with Gasteiger partial charge >= 0.3 is 0 Å². The van der Waals surface area contributed by atoms with Gasteiger partial charge < -0.3 is 4.57 Å². The molecule has 2 aromatic rings. The summed E-state index contributed by atoms with van der Waals surface area (Å²) in [5.41, 5.74) is 2.07. The van der Waals surface area contributed by atoms with E-state index in [0.29, 0.717) is 13.0 Å². The maximum atomic E-state index is 8.61. The van der Waals surface area contributed by atoms with Gasteiger partial charge in [0.2, 0.25) is 0 Å². The third kappa shape index (κ3) is 2.12. The molecule has 0 fully saturated rings. The van der Waals surface area contributed by atoms with Crippen molar-refractivity contribution < 1.29 is 0 Å². The fourth-order valence-electron chi connectivity index (χ4n) is 1.71. The van der Waals surface area contributed by atoms with Crippen LogP contribution in [-0.4, -0.2) is 9.55 Å². The Hall–Kier alpha value is -2.08. The van der Waals surface area contributed by atoms with Gasteiger partial charge in [-0.05, 0) is 6.92 Å². The fraction of sp³-hybridized carbons (Fsp3) is 0.231.